The first-order chi connectivity index (χ1) is 10.3. The normalized spacial score (nSPS) is 12.2. The van der Waals surface area contributed by atoms with Crippen LogP contribution in [0.1, 0.15) is 29.1 Å². The zero-order chi connectivity index (χ0) is 16.4. The minimum absolute atomic E-state index is 0.203. The van der Waals surface area contributed by atoms with E-state index >= 15 is 0 Å². The van der Waals surface area contributed by atoms with E-state index < -0.39 is 12.0 Å². The third-order valence-corrected chi connectivity index (χ3v) is 3.99. The van der Waals surface area contributed by atoms with Crippen LogP contribution in [0.25, 0.3) is 0 Å². The molecule has 0 saturated carbocycles. The van der Waals surface area contributed by atoms with Gasteiger partial charge >= 0.3 is 5.97 Å². The SMILES string of the molecule is CC(C(=O)O)n1ccc(C(=O)N(C)Cc2c(Br)cnn2C)n1. The van der Waals surface area contributed by atoms with Crippen molar-refractivity contribution < 1.29 is 14.7 Å². The number of carboxylic acid groups (broad SMARTS) is 1. The zero-order valence-corrected chi connectivity index (χ0v) is 14.0. The van der Waals surface area contributed by atoms with E-state index in [0.29, 0.717) is 6.54 Å². The van der Waals surface area contributed by atoms with Crippen LogP contribution in [0.3, 0.4) is 0 Å². The monoisotopic (exact) mass is 369 g/mol. The minimum Gasteiger partial charge on any atom is -0.480 e. The van der Waals surface area contributed by atoms with Gasteiger partial charge in [-0.15, -0.1) is 0 Å². The smallest absolute Gasteiger partial charge is 0.328 e. The summed E-state index contributed by atoms with van der Waals surface area (Å²) in [5.41, 5.74) is 1.06. The number of carbonyl (C=O) groups is 2. The molecule has 2 aromatic rings. The highest BCUT2D eigenvalue weighted by atomic mass is 79.9. The standard InChI is InChI=1S/C13H16BrN5O3/c1-8(13(21)22)19-5-4-10(16-19)12(20)17(2)7-11-9(14)6-15-18(11)3/h4-6,8H,7H2,1-3H3,(H,21,22). The number of hydrogen-bond acceptors (Lipinski definition) is 4. The van der Waals surface area contributed by atoms with Crippen molar-refractivity contribution >= 4 is 27.8 Å². The Balaban J connectivity index is 2.13. The Kier molecular flexibility index (Phi) is 4.65. The Hall–Kier alpha value is -2.16. The van der Waals surface area contributed by atoms with Crippen LogP contribution in [0.15, 0.2) is 22.9 Å². The van der Waals surface area contributed by atoms with Gasteiger partial charge in [-0.05, 0) is 28.9 Å². The number of aryl methyl sites for hydroxylation is 1. The molecular weight excluding hydrogens is 354 g/mol. The molecule has 1 amide bonds. The van der Waals surface area contributed by atoms with Crippen molar-refractivity contribution in [1.29, 1.82) is 0 Å². The van der Waals surface area contributed by atoms with E-state index in [2.05, 4.69) is 26.1 Å². The molecular formula is C13H16BrN5O3. The molecule has 22 heavy (non-hydrogen) atoms. The lowest BCUT2D eigenvalue weighted by molar-refractivity contribution is -0.140. The van der Waals surface area contributed by atoms with Crippen LogP contribution < -0.4 is 0 Å². The molecule has 0 aromatic carbocycles. The molecule has 0 bridgehead atoms. The fourth-order valence-electron chi connectivity index (χ4n) is 1.89. The predicted molar refractivity (Wildman–Crippen MR) is 81.3 cm³/mol. The summed E-state index contributed by atoms with van der Waals surface area (Å²) in [4.78, 5) is 24.8. The van der Waals surface area contributed by atoms with E-state index in [0.717, 1.165) is 10.2 Å². The topological polar surface area (TPSA) is 93.3 Å². The largest absolute Gasteiger partial charge is 0.480 e. The second kappa shape index (κ2) is 6.30. The third kappa shape index (κ3) is 3.19. The van der Waals surface area contributed by atoms with Crippen LogP contribution in [0, 0.1) is 0 Å². The van der Waals surface area contributed by atoms with Gasteiger partial charge in [0.2, 0.25) is 0 Å². The molecule has 2 aromatic heterocycles. The molecule has 0 aliphatic heterocycles. The van der Waals surface area contributed by atoms with Gasteiger partial charge in [-0.2, -0.15) is 10.2 Å². The highest BCUT2D eigenvalue weighted by molar-refractivity contribution is 9.10. The molecule has 0 aliphatic carbocycles. The summed E-state index contributed by atoms with van der Waals surface area (Å²) in [5, 5.41) is 17.1. The van der Waals surface area contributed by atoms with Gasteiger partial charge < -0.3 is 10.0 Å². The Labute approximate surface area is 135 Å². The number of aliphatic carboxylic acids is 1. The highest BCUT2D eigenvalue weighted by Gasteiger charge is 2.20. The Bertz CT molecular complexity index is 689. The quantitative estimate of drug-likeness (QED) is 0.856. The van der Waals surface area contributed by atoms with Crippen LogP contribution in [-0.4, -0.2) is 48.5 Å². The van der Waals surface area contributed by atoms with Crippen LogP contribution in [0.2, 0.25) is 0 Å². The predicted octanol–water partition coefficient (Wildman–Crippen LogP) is 1.30. The maximum Gasteiger partial charge on any atom is 0.328 e. The van der Waals surface area contributed by atoms with E-state index in [1.165, 1.54) is 28.8 Å². The van der Waals surface area contributed by atoms with Crippen LogP contribution in [0.4, 0.5) is 0 Å². The molecule has 1 N–H and O–H groups in total. The van der Waals surface area contributed by atoms with Gasteiger partial charge in [-0.3, -0.25) is 14.2 Å². The van der Waals surface area contributed by atoms with Gasteiger partial charge in [0, 0.05) is 20.3 Å². The van der Waals surface area contributed by atoms with E-state index in [-0.39, 0.29) is 11.6 Å². The van der Waals surface area contributed by atoms with E-state index in [1.54, 1.807) is 25.0 Å². The lowest BCUT2D eigenvalue weighted by Gasteiger charge is -2.16. The van der Waals surface area contributed by atoms with Crippen LogP contribution >= 0.6 is 15.9 Å². The maximum atomic E-state index is 12.4. The van der Waals surface area contributed by atoms with Crippen molar-refractivity contribution in [3.05, 3.63) is 34.3 Å². The summed E-state index contributed by atoms with van der Waals surface area (Å²) >= 11 is 3.38. The molecule has 9 heteroatoms. The van der Waals surface area contributed by atoms with Crippen LogP contribution in [0.5, 0.6) is 0 Å². The highest BCUT2D eigenvalue weighted by Crippen LogP contribution is 2.17. The Morgan fingerprint density at radius 3 is 2.73 bits per heavy atom. The Morgan fingerprint density at radius 2 is 2.18 bits per heavy atom. The van der Waals surface area contributed by atoms with Gasteiger partial charge in [0.05, 0.1) is 22.9 Å². The molecule has 2 rings (SSSR count). The summed E-state index contributed by atoms with van der Waals surface area (Å²) in [6.45, 7) is 1.86. The molecule has 1 atom stereocenters. The van der Waals surface area contributed by atoms with E-state index in [9.17, 15) is 9.59 Å². The summed E-state index contributed by atoms with van der Waals surface area (Å²) in [6, 6.07) is 0.689. The number of aromatic nitrogens is 4. The number of hydrogen-bond donors (Lipinski definition) is 1. The second-order valence-electron chi connectivity index (χ2n) is 4.92. The second-order valence-corrected chi connectivity index (χ2v) is 5.77. The number of rotatable bonds is 5. The number of halogens is 1. The number of carbonyl (C=O) groups excluding carboxylic acids is 1. The van der Waals surface area contributed by atoms with Crippen molar-refractivity contribution in [2.24, 2.45) is 7.05 Å². The minimum atomic E-state index is -1.01. The molecule has 118 valence electrons. The van der Waals surface area contributed by atoms with Gasteiger partial charge in [-0.25, -0.2) is 4.79 Å². The zero-order valence-electron chi connectivity index (χ0n) is 12.4. The van der Waals surface area contributed by atoms with Crippen molar-refractivity contribution in [3.8, 4) is 0 Å². The van der Waals surface area contributed by atoms with Crippen molar-refractivity contribution in [2.75, 3.05) is 7.05 Å². The molecule has 1 unspecified atom stereocenters. The first kappa shape index (κ1) is 16.2. The van der Waals surface area contributed by atoms with Gasteiger partial charge in [0.15, 0.2) is 0 Å². The lowest BCUT2D eigenvalue weighted by Crippen LogP contribution is -2.28. The van der Waals surface area contributed by atoms with E-state index in [4.69, 9.17) is 5.11 Å². The lowest BCUT2D eigenvalue weighted by atomic mass is 10.3. The summed E-state index contributed by atoms with van der Waals surface area (Å²) in [7, 11) is 3.45. The summed E-state index contributed by atoms with van der Waals surface area (Å²) in [6.07, 6.45) is 3.15. The molecule has 0 aliphatic rings. The number of nitrogens with zero attached hydrogens (tertiary/aromatic N) is 5. The van der Waals surface area contributed by atoms with E-state index in [1.807, 2.05) is 0 Å². The number of carboxylic acids is 1. The van der Waals surface area contributed by atoms with Gasteiger partial charge in [0.25, 0.3) is 5.91 Å². The van der Waals surface area contributed by atoms with Crippen molar-refractivity contribution in [2.45, 2.75) is 19.5 Å². The maximum absolute atomic E-state index is 12.4. The first-order valence-electron chi connectivity index (χ1n) is 6.51. The Morgan fingerprint density at radius 1 is 1.50 bits per heavy atom. The average Bonchev–Trinajstić information content (AvgIpc) is 3.07. The van der Waals surface area contributed by atoms with Crippen molar-refractivity contribution in [3.63, 3.8) is 0 Å². The van der Waals surface area contributed by atoms with Gasteiger partial charge in [-0.1, -0.05) is 0 Å². The molecule has 8 nitrogen and oxygen atoms in total. The fourth-order valence-corrected chi connectivity index (χ4v) is 2.36. The first-order valence-corrected chi connectivity index (χ1v) is 7.30. The molecule has 0 spiro atoms. The average molecular weight is 370 g/mol. The molecule has 0 fully saturated rings. The molecule has 0 saturated heterocycles. The third-order valence-electron chi connectivity index (χ3n) is 3.33. The van der Waals surface area contributed by atoms with Crippen LogP contribution in [-0.2, 0) is 18.4 Å². The fraction of sp³-hybridized carbons (Fsp3) is 0.385. The summed E-state index contributed by atoms with van der Waals surface area (Å²) < 4.78 is 3.75. The number of amides is 1. The molecule has 0 radical (unpaired) electrons. The van der Waals surface area contributed by atoms with Gasteiger partial charge in [0.1, 0.15) is 11.7 Å². The van der Waals surface area contributed by atoms with Crippen molar-refractivity contribution in [1.82, 2.24) is 24.5 Å². The summed E-state index contributed by atoms with van der Waals surface area (Å²) in [5.74, 6) is -1.29. The molecule has 2 heterocycles.